The summed E-state index contributed by atoms with van der Waals surface area (Å²) in [6, 6.07) is 17.4. The summed E-state index contributed by atoms with van der Waals surface area (Å²) in [5, 5.41) is 3.96. The van der Waals surface area contributed by atoms with Crippen molar-refractivity contribution >= 4 is 23.4 Å². The zero-order valence-corrected chi connectivity index (χ0v) is 18.9. The predicted octanol–water partition coefficient (Wildman–Crippen LogP) is 4.89. The van der Waals surface area contributed by atoms with Crippen molar-refractivity contribution in [2.24, 2.45) is 0 Å². The fraction of sp³-hybridized carbons (Fsp3) is 0.308. The Morgan fingerprint density at radius 3 is 2.44 bits per heavy atom. The molecule has 166 valence electrons. The highest BCUT2D eigenvalue weighted by Gasteiger charge is 2.41. The molecule has 2 aliphatic rings. The number of benzene rings is 2. The average molecular weight is 452 g/mol. The van der Waals surface area contributed by atoms with Crippen molar-refractivity contribution in [2.75, 3.05) is 20.3 Å². The molecule has 0 saturated carbocycles. The van der Waals surface area contributed by atoms with Gasteiger partial charge in [-0.1, -0.05) is 54.1 Å². The van der Waals surface area contributed by atoms with E-state index in [0.717, 1.165) is 16.8 Å². The van der Waals surface area contributed by atoms with E-state index in [1.165, 1.54) is 0 Å². The van der Waals surface area contributed by atoms with E-state index in [2.05, 4.69) is 17.4 Å². The normalized spacial score (nSPS) is 20.7. The molecular formula is C26H26ClNO4. The smallest absolute Gasteiger partial charge is 0.336 e. The van der Waals surface area contributed by atoms with Crippen molar-refractivity contribution in [2.45, 2.75) is 31.6 Å². The Bertz CT molecular complexity index is 1070. The minimum atomic E-state index is -0.497. The number of halogens is 1. The van der Waals surface area contributed by atoms with E-state index in [4.69, 9.17) is 21.1 Å². The van der Waals surface area contributed by atoms with Crippen LogP contribution in [-0.2, 0) is 19.1 Å². The molecule has 1 N–H and O–H groups in total. The van der Waals surface area contributed by atoms with E-state index in [0.29, 0.717) is 41.3 Å². The van der Waals surface area contributed by atoms with Crippen LogP contribution in [0.3, 0.4) is 0 Å². The number of methoxy groups -OCH3 is 1. The first-order valence-electron chi connectivity index (χ1n) is 10.7. The van der Waals surface area contributed by atoms with Gasteiger partial charge in [-0.3, -0.25) is 4.79 Å². The Hall–Kier alpha value is -2.89. The molecule has 0 radical (unpaired) electrons. The number of rotatable bonds is 6. The number of carbonyl (C=O) groups is 2. The molecule has 2 atom stereocenters. The summed E-state index contributed by atoms with van der Waals surface area (Å²) in [6.07, 6.45) is 1.11. The van der Waals surface area contributed by atoms with Gasteiger partial charge in [0.1, 0.15) is 6.61 Å². The van der Waals surface area contributed by atoms with Gasteiger partial charge >= 0.3 is 5.97 Å². The first-order valence-corrected chi connectivity index (χ1v) is 11.1. The van der Waals surface area contributed by atoms with E-state index in [9.17, 15) is 9.59 Å². The van der Waals surface area contributed by atoms with Crippen LogP contribution in [-0.4, -0.2) is 32.1 Å². The average Bonchev–Trinajstić information content (AvgIpc) is 2.79. The summed E-state index contributed by atoms with van der Waals surface area (Å²) in [4.78, 5) is 26.5. The Morgan fingerprint density at radius 1 is 1.03 bits per heavy atom. The number of allylic oxidation sites excluding steroid dienone is 3. The zero-order valence-electron chi connectivity index (χ0n) is 18.2. The van der Waals surface area contributed by atoms with Crippen LogP contribution in [0.1, 0.15) is 42.7 Å². The van der Waals surface area contributed by atoms with Gasteiger partial charge in [0.05, 0.1) is 12.2 Å². The molecule has 0 fully saturated rings. The van der Waals surface area contributed by atoms with Crippen molar-refractivity contribution in [1.29, 1.82) is 0 Å². The van der Waals surface area contributed by atoms with Crippen molar-refractivity contribution in [3.63, 3.8) is 0 Å². The van der Waals surface area contributed by atoms with E-state index >= 15 is 0 Å². The molecular weight excluding hydrogens is 426 g/mol. The van der Waals surface area contributed by atoms with Crippen LogP contribution in [0.4, 0.5) is 0 Å². The Labute approximate surface area is 193 Å². The maximum Gasteiger partial charge on any atom is 0.336 e. The van der Waals surface area contributed by atoms with Crippen LogP contribution in [0.15, 0.2) is 77.1 Å². The largest absolute Gasteiger partial charge is 0.460 e. The second-order valence-corrected chi connectivity index (χ2v) is 8.54. The lowest BCUT2D eigenvalue weighted by molar-refractivity contribution is -0.140. The van der Waals surface area contributed by atoms with Crippen LogP contribution >= 0.6 is 11.6 Å². The summed E-state index contributed by atoms with van der Waals surface area (Å²) in [7, 11) is 1.55. The molecule has 4 rings (SSSR count). The number of Topliss-reactive ketones (excluding diaryl/α,β-unsaturated/α-hetero) is 1. The Kier molecular flexibility index (Phi) is 6.77. The molecule has 2 aromatic rings. The number of dihydropyridines is 1. The molecule has 0 saturated heterocycles. The van der Waals surface area contributed by atoms with Gasteiger partial charge in [0, 0.05) is 41.4 Å². The Balaban J connectivity index is 1.74. The van der Waals surface area contributed by atoms with Gasteiger partial charge < -0.3 is 14.8 Å². The van der Waals surface area contributed by atoms with E-state index in [1.807, 2.05) is 37.3 Å². The van der Waals surface area contributed by atoms with E-state index in [-0.39, 0.29) is 18.3 Å². The van der Waals surface area contributed by atoms with Crippen LogP contribution in [0, 0.1) is 0 Å². The van der Waals surface area contributed by atoms with Gasteiger partial charge in [0.2, 0.25) is 0 Å². The van der Waals surface area contributed by atoms with Crippen molar-refractivity contribution in [3.8, 4) is 0 Å². The maximum absolute atomic E-state index is 13.5. The lowest BCUT2D eigenvalue weighted by atomic mass is 9.72. The van der Waals surface area contributed by atoms with Crippen molar-refractivity contribution in [1.82, 2.24) is 5.32 Å². The number of esters is 1. The molecule has 0 aromatic heterocycles. The van der Waals surface area contributed by atoms with Gasteiger partial charge in [0.25, 0.3) is 0 Å². The van der Waals surface area contributed by atoms with Crippen molar-refractivity contribution in [3.05, 3.63) is 93.3 Å². The van der Waals surface area contributed by atoms with Gasteiger partial charge in [-0.15, -0.1) is 0 Å². The van der Waals surface area contributed by atoms with E-state index < -0.39 is 11.9 Å². The summed E-state index contributed by atoms with van der Waals surface area (Å²) < 4.78 is 10.5. The number of ketones is 1. The van der Waals surface area contributed by atoms with Crippen LogP contribution in [0.5, 0.6) is 0 Å². The van der Waals surface area contributed by atoms with Gasteiger partial charge in [0.15, 0.2) is 5.78 Å². The third kappa shape index (κ3) is 4.50. The first-order chi connectivity index (χ1) is 15.5. The van der Waals surface area contributed by atoms with E-state index in [1.54, 1.807) is 19.2 Å². The lowest BCUT2D eigenvalue weighted by Crippen LogP contribution is -2.36. The number of hydrogen-bond donors (Lipinski definition) is 1. The minimum Gasteiger partial charge on any atom is -0.460 e. The molecule has 0 bridgehead atoms. The lowest BCUT2D eigenvalue weighted by Gasteiger charge is -2.36. The summed E-state index contributed by atoms with van der Waals surface area (Å²) in [5.41, 5.74) is 4.66. The first kappa shape index (κ1) is 22.3. The van der Waals surface area contributed by atoms with Crippen LogP contribution in [0.25, 0.3) is 0 Å². The van der Waals surface area contributed by atoms with Gasteiger partial charge in [-0.05, 0) is 42.5 Å². The minimum absolute atomic E-state index is 0.0437. The monoisotopic (exact) mass is 451 g/mol. The maximum atomic E-state index is 13.5. The highest BCUT2D eigenvalue weighted by atomic mass is 35.5. The summed E-state index contributed by atoms with van der Waals surface area (Å²) >= 11 is 6.11. The number of hydrogen-bond acceptors (Lipinski definition) is 5. The number of nitrogens with one attached hydrogen (secondary N) is 1. The molecule has 1 aliphatic heterocycles. The molecule has 6 heteroatoms. The fourth-order valence-electron chi connectivity index (χ4n) is 4.55. The van der Waals surface area contributed by atoms with Gasteiger partial charge in [-0.25, -0.2) is 4.79 Å². The second kappa shape index (κ2) is 9.72. The zero-order chi connectivity index (χ0) is 22.7. The molecule has 2 aromatic carbocycles. The second-order valence-electron chi connectivity index (χ2n) is 8.11. The van der Waals surface area contributed by atoms with Crippen molar-refractivity contribution < 1.29 is 19.1 Å². The third-order valence-corrected chi connectivity index (χ3v) is 6.29. The highest BCUT2D eigenvalue weighted by molar-refractivity contribution is 6.30. The Morgan fingerprint density at radius 2 is 1.75 bits per heavy atom. The topological polar surface area (TPSA) is 64.6 Å². The molecule has 5 nitrogen and oxygen atoms in total. The fourth-order valence-corrected chi connectivity index (χ4v) is 4.68. The SMILES string of the molecule is COCCOC(=O)C1=C(C)NC2=C(C(=O)C[C@H](c3ccccc3)C2)[C@H]1c1ccc(Cl)cc1. The third-order valence-electron chi connectivity index (χ3n) is 6.04. The highest BCUT2D eigenvalue weighted by Crippen LogP contribution is 2.45. The van der Waals surface area contributed by atoms with Crippen LogP contribution < -0.4 is 5.32 Å². The number of carbonyl (C=O) groups excluding carboxylic acids is 2. The summed E-state index contributed by atoms with van der Waals surface area (Å²) in [5.74, 6) is -0.801. The van der Waals surface area contributed by atoms with Crippen LogP contribution in [0.2, 0.25) is 5.02 Å². The number of ether oxygens (including phenoxy) is 2. The molecule has 0 spiro atoms. The molecule has 0 amide bonds. The molecule has 1 heterocycles. The summed E-state index contributed by atoms with van der Waals surface area (Å²) in [6.45, 7) is 2.31. The standard InChI is InChI=1S/C26H26ClNO4/c1-16-23(26(30)32-13-12-31-2)24(18-8-10-20(27)11-9-18)25-21(28-16)14-19(15-22(25)29)17-6-4-3-5-7-17/h3-11,19,24,28H,12-15H2,1-2H3/t19-,24+/m1/s1. The molecule has 1 aliphatic carbocycles. The molecule has 32 heavy (non-hydrogen) atoms. The van der Waals surface area contributed by atoms with Gasteiger partial charge in [-0.2, -0.15) is 0 Å². The molecule has 0 unspecified atom stereocenters. The predicted molar refractivity (Wildman–Crippen MR) is 123 cm³/mol. The quantitative estimate of drug-likeness (QED) is 0.500.